The molecular formula is C5H8Br3NO. The quantitative estimate of drug-likeness (QED) is 0.672. The van der Waals surface area contributed by atoms with Gasteiger partial charge in [0.2, 0.25) is 2.14 Å². The number of hydrogen-bond donors (Lipinski definition) is 0. The van der Waals surface area contributed by atoms with Crippen LogP contribution < -0.4 is 0 Å². The minimum Gasteiger partial charge on any atom is -0.343 e. The van der Waals surface area contributed by atoms with Crippen molar-refractivity contribution in [3.63, 3.8) is 0 Å². The van der Waals surface area contributed by atoms with Crippen molar-refractivity contribution in [3.8, 4) is 0 Å². The van der Waals surface area contributed by atoms with E-state index in [1.54, 1.807) is 11.9 Å². The van der Waals surface area contributed by atoms with Gasteiger partial charge in [-0.3, -0.25) is 4.79 Å². The maximum atomic E-state index is 11.2. The highest BCUT2D eigenvalue weighted by Gasteiger charge is 2.30. The monoisotopic (exact) mass is 335 g/mol. The average Bonchev–Trinajstić information content (AvgIpc) is 1.83. The maximum absolute atomic E-state index is 11.2. The first-order valence-corrected chi connectivity index (χ1v) is 5.09. The molecule has 0 unspecified atom stereocenters. The van der Waals surface area contributed by atoms with Gasteiger partial charge in [-0.15, -0.1) is 0 Å². The fourth-order valence-electron chi connectivity index (χ4n) is 0.360. The molecule has 0 aromatic rings. The average molecular weight is 338 g/mol. The molecule has 0 spiro atoms. The van der Waals surface area contributed by atoms with Gasteiger partial charge in [0.05, 0.1) is 0 Å². The van der Waals surface area contributed by atoms with E-state index in [1.807, 2.05) is 6.92 Å². The molecule has 5 heteroatoms. The molecule has 0 rings (SSSR count). The van der Waals surface area contributed by atoms with Crippen molar-refractivity contribution in [1.29, 1.82) is 0 Å². The molecule has 2 nitrogen and oxygen atoms in total. The zero-order valence-corrected chi connectivity index (χ0v) is 10.5. The zero-order chi connectivity index (χ0) is 8.36. The SMILES string of the molecule is CCN(C)C(=O)C(Br)(Br)Br. The molecule has 1 amide bonds. The number of hydrogen-bond acceptors (Lipinski definition) is 1. The highest BCUT2D eigenvalue weighted by molar-refractivity contribution is 9.40. The van der Waals surface area contributed by atoms with E-state index in [4.69, 9.17) is 0 Å². The van der Waals surface area contributed by atoms with Crippen LogP contribution in [0.15, 0.2) is 0 Å². The molecule has 0 saturated carbocycles. The van der Waals surface area contributed by atoms with Crippen LogP contribution in [0.5, 0.6) is 0 Å². The van der Waals surface area contributed by atoms with Crippen molar-refractivity contribution in [2.75, 3.05) is 13.6 Å². The van der Waals surface area contributed by atoms with Crippen molar-refractivity contribution < 1.29 is 4.79 Å². The molecular weight excluding hydrogens is 330 g/mol. The fourth-order valence-corrected chi connectivity index (χ4v) is 1.27. The first-order valence-electron chi connectivity index (χ1n) is 2.72. The Balaban J connectivity index is 4.09. The van der Waals surface area contributed by atoms with E-state index in [-0.39, 0.29) is 5.91 Å². The summed E-state index contributed by atoms with van der Waals surface area (Å²) in [6.07, 6.45) is 0. The van der Waals surface area contributed by atoms with E-state index in [2.05, 4.69) is 47.8 Å². The highest BCUT2D eigenvalue weighted by atomic mass is 80.0. The lowest BCUT2D eigenvalue weighted by molar-refractivity contribution is -0.127. The van der Waals surface area contributed by atoms with E-state index < -0.39 is 2.14 Å². The standard InChI is InChI=1S/C5H8Br3NO/c1-3-9(2)4(10)5(6,7)8/h3H2,1-2H3. The van der Waals surface area contributed by atoms with Crippen molar-refractivity contribution in [1.82, 2.24) is 4.90 Å². The van der Waals surface area contributed by atoms with Gasteiger partial charge in [-0.2, -0.15) is 0 Å². The molecule has 0 bridgehead atoms. The number of halogens is 3. The van der Waals surface area contributed by atoms with E-state index in [1.165, 1.54) is 0 Å². The molecule has 0 fully saturated rings. The van der Waals surface area contributed by atoms with Crippen molar-refractivity contribution in [2.24, 2.45) is 0 Å². The Bertz CT molecular complexity index is 131. The summed E-state index contributed by atoms with van der Waals surface area (Å²) in [6.45, 7) is 2.61. The third kappa shape index (κ3) is 3.34. The molecule has 60 valence electrons. The van der Waals surface area contributed by atoms with Crippen LogP contribution in [0.25, 0.3) is 0 Å². The molecule has 0 aromatic heterocycles. The Hall–Kier alpha value is 0.910. The van der Waals surface area contributed by atoms with Gasteiger partial charge < -0.3 is 4.90 Å². The van der Waals surface area contributed by atoms with Gasteiger partial charge in [-0.25, -0.2) is 0 Å². The first kappa shape index (κ1) is 10.9. The van der Waals surface area contributed by atoms with Gasteiger partial charge >= 0.3 is 0 Å². The van der Waals surface area contributed by atoms with E-state index >= 15 is 0 Å². The zero-order valence-electron chi connectivity index (χ0n) is 5.70. The van der Waals surface area contributed by atoms with Crippen LogP contribution in [0.2, 0.25) is 0 Å². The van der Waals surface area contributed by atoms with Crippen LogP contribution in [0.1, 0.15) is 6.92 Å². The molecule has 0 aliphatic rings. The van der Waals surface area contributed by atoms with E-state index in [9.17, 15) is 4.79 Å². The predicted octanol–water partition coefficient (Wildman–Crippen LogP) is 2.30. The Labute approximate surface area is 85.7 Å². The molecule has 0 heterocycles. The number of carbonyl (C=O) groups is 1. The second-order valence-corrected chi connectivity index (χ2v) is 8.58. The van der Waals surface area contributed by atoms with Gasteiger partial charge in [-0.1, -0.05) is 0 Å². The molecule has 0 radical (unpaired) electrons. The smallest absolute Gasteiger partial charge is 0.261 e. The summed E-state index contributed by atoms with van der Waals surface area (Å²) in [7, 11) is 1.74. The Morgan fingerprint density at radius 3 is 2.00 bits per heavy atom. The van der Waals surface area contributed by atoms with Crippen LogP contribution in [0.3, 0.4) is 0 Å². The summed E-state index contributed by atoms with van der Waals surface area (Å²) in [5, 5.41) is 0. The van der Waals surface area contributed by atoms with Crippen LogP contribution in [-0.4, -0.2) is 26.5 Å². The molecule has 0 N–H and O–H groups in total. The minimum absolute atomic E-state index is 0.0463. The topological polar surface area (TPSA) is 20.3 Å². The summed E-state index contributed by atoms with van der Waals surface area (Å²) in [6, 6.07) is 0. The van der Waals surface area contributed by atoms with Crippen molar-refractivity contribution in [2.45, 2.75) is 9.07 Å². The summed E-state index contributed by atoms with van der Waals surface area (Å²) in [5.74, 6) is -0.0463. The van der Waals surface area contributed by atoms with Gasteiger partial charge in [0, 0.05) is 13.6 Å². The van der Waals surface area contributed by atoms with Crippen molar-refractivity contribution in [3.05, 3.63) is 0 Å². The lowest BCUT2D eigenvalue weighted by atomic mass is 10.5. The Kier molecular flexibility index (Phi) is 4.44. The Morgan fingerprint density at radius 2 is 1.90 bits per heavy atom. The fraction of sp³-hybridized carbons (Fsp3) is 0.800. The normalized spacial score (nSPS) is 11.3. The number of amides is 1. The summed E-state index contributed by atoms with van der Waals surface area (Å²) < 4.78 is -0.794. The van der Waals surface area contributed by atoms with Gasteiger partial charge in [-0.05, 0) is 54.7 Å². The maximum Gasteiger partial charge on any atom is 0.261 e. The number of carbonyl (C=O) groups excluding carboxylic acids is 1. The highest BCUT2D eigenvalue weighted by Crippen LogP contribution is 2.34. The first-order chi connectivity index (χ1) is 4.39. The third-order valence-electron chi connectivity index (χ3n) is 1.06. The number of rotatable bonds is 1. The van der Waals surface area contributed by atoms with E-state index in [0.29, 0.717) is 6.54 Å². The summed E-state index contributed by atoms with van der Waals surface area (Å²) in [5.41, 5.74) is 0. The summed E-state index contributed by atoms with van der Waals surface area (Å²) >= 11 is 9.38. The third-order valence-corrected chi connectivity index (χ3v) is 2.08. The Morgan fingerprint density at radius 1 is 1.50 bits per heavy atom. The van der Waals surface area contributed by atoms with Crippen LogP contribution in [-0.2, 0) is 4.79 Å². The molecule has 10 heavy (non-hydrogen) atoms. The molecule has 0 atom stereocenters. The molecule has 0 saturated heterocycles. The number of alkyl halides is 3. The largest absolute Gasteiger partial charge is 0.343 e. The van der Waals surface area contributed by atoms with Gasteiger partial charge in [0.25, 0.3) is 5.91 Å². The lowest BCUT2D eigenvalue weighted by Crippen LogP contribution is -2.35. The van der Waals surface area contributed by atoms with Gasteiger partial charge in [0.1, 0.15) is 0 Å². The van der Waals surface area contributed by atoms with Crippen LogP contribution in [0, 0.1) is 0 Å². The minimum atomic E-state index is -0.794. The molecule has 0 aromatic carbocycles. The van der Waals surface area contributed by atoms with Crippen LogP contribution in [0.4, 0.5) is 0 Å². The van der Waals surface area contributed by atoms with E-state index in [0.717, 1.165) is 0 Å². The number of nitrogens with zero attached hydrogens (tertiary/aromatic N) is 1. The van der Waals surface area contributed by atoms with Gasteiger partial charge in [0.15, 0.2) is 0 Å². The van der Waals surface area contributed by atoms with Crippen molar-refractivity contribution >= 4 is 53.7 Å². The van der Waals surface area contributed by atoms with Crippen LogP contribution >= 0.6 is 47.8 Å². The summed E-state index contributed by atoms with van der Waals surface area (Å²) in [4.78, 5) is 12.8. The second kappa shape index (κ2) is 4.07. The lowest BCUT2D eigenvalue weighted by Gasteiger charge is -2.19. The molecule has 0 aliphatic carbocycles. The predicted molar refractivity (Wildman–Crippen MR) is 52.8 cm³/mol. The molecule has 0 aliphatic heterocycles. The second-order valence-electron chi connectivity index (χ2n) is 1.82.